The summed E-state index contributed by atoms with van der Waals surface area (Å²) < 4.78 is 2.05. The van der Waals surface area contributed by atoms with Crippen molar-refractivity contribution < 1.29 is 0 Å². The molecule has 1 aliphatic rings. The Balaban J connectivity index is 2.30. The Morgan fingerprint density at radius 3 is 3.23 bits per heavy atom. The average molecular weight is 189 g/mol. The van der Waals surface area contributed by atoms with Crippen molar-refractivity contribution in [1.29, 1.82) is 0 Å². The van der Waals surface area contributed by atoms with Gasteiger partial charge in [0, 0.05) is 4.90 Å². The van der Waals surface area contributed by atoms with Gasteiger partial charge in [-0.25, -0.2) is 0 Å². The molecule has 64 valence electrons. The van der Waals surface area contributed by atoms with Gasteiger partial charge in [-0.15, -0.1) is 22.0 Å². The van der Waals surface area contributed by atoms with E-state index in [9.17, 15) is 0 Å². The molecule has 0 aliphatic carbocycles. The first-order valence-corrected chi connectivity index (χ1v) is 5.05. The second-order valence-corrected chi connectivity index (χ2v) is 3.89. The lowest BCUT2D eigenvalue weighted by Crippen LogP contribution is -2.04. The Labute approximate surface area is 79.8 Å². The molecule has 0 amide bonds. The van der Waals surface area contributed by atoms with Gasteiger partial charge in [0.05, 0.1) is 11.4 Å². The normalized spacial score (nSPS) is 13.5. The zero-order valence-corrected chi connectivity index (χ0v) is 7.66. The molecule has 2 heterocycles. The number of fused-ring (bicyclic) bond motifs is 3. The minimum atomic E-state index is 0.914. The molecule has 0 unspecified atom stereocenters. The van der Waals surface area contributed by atoms with Crippen LogP contribution in [0.3, 0.4) is 0 Å². The van der Waals surface area contributed by atoms with Crippen LogP contribution in [0.15, 0.2) is 35.5 Å². The smallest absolute Gasteiger partial charge is 0.147 e. The van der Waals surface area contributed by atoms with E-state index in [2.05, 4.69) is 28.4 Å². The van der Waals surface area contributed by atoms with Gasteiger partial charge in [-0.05, 0) is 12.1 Å². The summed E-state index contributed by atoms with van der Waals surface area (Å²) in [6.07, 6.45) is 1.77. The van der Waals surface area contributed by atoms with Gasteiger partial charge < -0.3 is 0 Å². The summed E-state index contributed by atoms with van der Waals surface area (Å²) in [6, 6.07) is 8.31. The lowest BCUT2D eigenvalue weighted by Gasteiger charge is -2.15. The summed E-state index contributed by atoms with van der Waals surface area (Å²) in [7, 11) is 0. The van der Waals surface area contributed by atoms with Gasteiger partial charge in [0.2, 0.25) is 0 Å². The molecule has 4 heteroatoms. The molecule has 0 saturated heterocycles. The second-order valence-electron chi connectivity index (χ2n) is 2.87. The molecule has 3 rings (SSSR count). The summed E-state index contributed by atoms with van der Waals surface area (Å²) in [5, 5.41) is 7.95. The zero-order chi connectivity index (χ0) is 8.67. The molecular formula is C9H7N3S. The van der Waals surface area contributed by atoms with Crippen molar-refractivity contribution in [2.45, 2.75) is 10.6 Å². The molecule has 1 aliphatic heterocycles. The van der Waals surface area contributed by atoms with Crippen LogP contribution in [0.2, 0.25) is 0 Å². The van der Waals surface area contributed by atoms with E-state index in [1.165, 1.54) is 10.6 Å². The van der Waals surface area contributed by atoms with Crippen molar-refractivity contribution in [3.63, 3.8) is 0 Å². The summed E-state index contributed by atoms with van der Waals surface area (Å²) in [5.41, 5.74) is 1.19. The molecule has 0 N–H and O–H groups in total. The minimum absolute atomic E-state index is 0.914. The quantitative estimate of drug-likeness (QED) is 0.634. The molecule has 0 radical (unpaired) electrons. The average Bonchev–Trinajstić information content (AvgIpc) is 2.65. The first kappa shape index (κ1) is 7.15. The Bertz CT molecular complexity index is 450. The van der Waals surface area contributed by atoms with Crippen LogP contribution in [0.1, 0.15) is 5.82 Å². The number of nitrogens with zero attached hydrogens (tertiary/aromatic N) is 3. The van der Waals surface area contributed by atoms with Gasteiger partial charge in [-0.2, -0.15) is 0 Å². The highest BCUT2D eigenvalue weighted by Gasteiger charge is 2.15. The highest BCUT2D eigenvalue weighted by molar-refractivity contribution is 7.98. The van der Waals surface area contributed by atoms with Crippen LogP contribution in [-0.4, -0.2) is 14.8 Å². The molecule has 0 bridgehead atoms. The molecular weight excluding hydrogens is 182 g/mol. The van der Waals surface area contributed by atoms with Crippen molar-refractivity contribution >= 4 is 11.8 Å². The standard InChI is InChI=1S/C9H7N3S/c1-2-4-8-7(3-1)12-6-10-11-9(12)5-13-8/h1-4,6H,5H2. The predicted molar refractivity (Wildman–Crippen MR) is 50.9 cm³/mol. The van der Waals surface area contributed by atoms with Crippen molar-refractivity contribution in [2.24, 2.45) is 0 Å². The molecule has 0 spiro atoms. The number of para-hydroxylation sites is 1. The summed E-state index contributed by atoms with van der Waals surface area (Å²) in [6.45, 7) is 0. The largest absolute Gasteiger partial charge is 0.284 e. The number of hydrogen-bond donors (Lipinski definition) is 0. The van der Waals surface area contributed by atoms with E-state index < -0.39 is 0 Å². The van der Waals surface area contributed by atoms with Gasteiger partial charge in [-0.3, -0.25) is 4.57 Å². The van der Waals surface area contributed by atoms with Crippen LogP contribution in [0.5, 0.6) is 0 Å². The molecule has 0 saturated carbocycles. The fourth-order valence-electron chi connectivity index (χ4n) is 1.48. The van der Waals surface area contributed by atoms with Crippen LogP contribution >= 0.6 is 11.8 Å². The molecule has 0 atom stereocenters. The van der Waals surface area contributed by atoms with Crippen LogP contribution in [0.4, 0.5) is 0 Å². The van der Waals surface area contributed by atoms with Gasteiger partial charge in [0.1, 0.15) is 12.2 Å². The van der Waals surface area contributed by atoms with Crippen LogP contribution in [0, 0.1) is 0 Å². The Morgan fingerprint density at radius 1 is 1.31 bits per heavy atom. The van der Waals surface area contributed by atoms with Gasteiger partial charge in [0.15, 0.2) is 0 Å². The molecule has 2 aromatic rings. The highest BCUT2D eigenvalue weighted by atomic mass is 32.2. The SMILES string of the molecule is c1ccc2c(c1)SCc1nncn1-2. The summed E-state index contributed by atoms with van der Waals surface area (Å²) in [5.74, 6) is 1.94. The molecule has 1 aromatic heterocycles. The van der Waals surface area contributed by atoms with Crippen molar-refractivity contribution in [3.05, 3.63) is 36.4 Å². The second kappa shape index (κ2) is 2.60. The van der Waals surface area contributed by atoms with Gasteiger partial charge >= 0.3 is 0 Å². The van der Waals surface area contributed by atoms with E-state index in [-0.39, 0.29) is 0 Å². The van der Waals surface area contributed by atoms with Crippen LogP contribution in [0.25, 0.3) is 5.69 Å². The van der Waals surface area contributed by atoms with E-state index >= 15 is 0 Å². The first-order valence-electron chi connectivity index (χ1n) is 4.06. The number of benzene rings is 1. The third-order valence-electron chi connectivity index (χ3n) is 2.10. The van der Waals surface area contributed by atoms with Crippen molar-refractivity contribution in [1.82, 2.24) is 14.8 Å². The van der Waals surface area contributed by atoms with Gasteiger partial charge in [-0.1, -0.05) is 12.1 Å². The highest BCUT2D eigenvalue weighted by Crippen LogP contribution is 2.33. The maximum atomic E-state index is 4.05. The number of aromatic nitrogens is 3. The number of thioether (sulfide) groups is 1. The minimum Gasteiger partial charge on any atom is -0.284 e. The topological polar surface area (TPSA) is 30.7 Å². The van der Waals surface area contributed by atoms with Gasteiger partial charge in [0.25, 0.3) is 0 Å². The van der Waals surface area contributed by atoms with E-state index in [4.69, 9.17) is 0 Å². The monoisotopic (exact) mass is 189 g/mol. The van der Waals surface area contributed by atoms with E-state index in [1.54, 1.807) is 6.33 Å². The Morgan fingerprint density at radius 2 is 2.23 bits per heavy atom. The fraction of sp³-hybridized carbons (Fsp3) is 0.111. The third-order valence-corrected chi connectivity index (χ3v) is 3.16. The Kier molecular flexibility index (Phi) is 1.43. The van der Waals surface area contributed by atoms with Crippen molar-refractivity contribution in [2.75, 3.05) is 0 Å². The molecule has 3 nitrogen and oxygen atoms in total. The number of hydrogen-bond acceptors (Lipinski definition) is 3. The lowest BCUT2D eigenvalue weighted by molar-refractivity contribution is 0.919. The summed E-state index contributed by atoms with van der Waals surface area (Å²) in [4.78, 5) is 1.30. The maximum Gasteiger partial charge on any atom is 0.147 e. The lowest BCUT2D eigenvalue weighted by atomic mass is 10.3. The molecule has 1 aromatic carbocycles. The Hall–Kier alpha value is -1.29. The van der Waals surface area contributed by atoms with E-state index in [1.807, 2.05) is 22.4 Å². The first-order chi connectivity index (χ1) is 6.45. The molecule has 13 heavy (non-hydrogen) atoms. The van der Waals surface area contributed by atoms with E-state index in [0.717, 1.165) is 11.6 Å². The number of rotatable bonds is 0. The summed E-state index contributed by atoms with van der Waals surface area (Å²) >= 11 is 1.81. The van der Waals surface area contributed by atoms with E-state index in [0.29, 0.717) is 0 Å². The van der Waals surface area contributed by atoms with Crippen LogP contribution in [-0.2, 0) is 5.75 Å². The molecule has 0 fully saturated rings. The zero-order valence-electron chi connectivity index (χ0n) is 6.84. The van der Waals surface area contributed by atoms with Crippen LogP contribution < -0.4 is 0 Å². The fourth-order valence-corrected chi connectivity index (χ4v) is 2.45. The maximum absolute atomic E-state index is 4.05. The predicted octanol–water partition coefficient (Wildman–Crippen LogP) is 1.87. The third kappa shape index (κ3) is 0.986. The van der Waals surface area contributed by atoms with Crippen molar-refractivity contribution in [3.8, 4) is 5.69 Å².